The summed E-state index contributed by atoms with van der Waals surface area (Å²) in [5, 5.41) is 2.90. The summed E-state index contributed by atoms with van der Waals surface area (Å²) in [5.41, 5.74) is 0.640. The maximum atomic E-state index is 12.0. The summed E-state index contributed by atoms with van der Waals surface area (Å²) in [7, 11) is 0. The van der Waals surface area contributed by atoms with E-state index >= 15 is 0 Å². The van der Waals surface area contributed by atoms with E-state index in [2.05, 4.69) is 47.1 Å². The van der Waals surface area contributed by atoms with Crippen LogP contribution >= 0.6 is 31.9 Å². The molecule has 0 aliphatic carbocycles. The first-order chi connectivity index (χ1) is 9.16. The second-order valence-corrected chi connectivity index (χ2v) is 5.79. The van der Waals surface area contributed by atoms with Crippen molar-refractivity contribution in [1.82, 2.24) is 15.3 Å². The van der Waals surface area contributed by atoms with Gasteiger partial charge >= 0.3 is 0 Å². The van der Waals surface area contributed by atoms with Gasteiger partial charge in [-0.2, -0.15) is 0 Å². The number of hydrogen-bond donors (Lipinski definition) is 2. The van der Waals surface area contributed by atoms with Crippen molar-refractivity contribution in [3.05, 3.63) is 50.9 Å². The molecule has 2 rings (SSSR count). The molecule has 100 valence electrons. The first-order valence-corrected chi connectivity index (χ1v) is 7.47. The van der Waals surface area contributed by atoms with Gasteiger partial charge in [-0.25, -0.2) is 4.98 Å². The summed E-state index contributed by atoms with van der Waals surface area (Å²) >= 11 is 6.74. The Labute approximate surface area is 128 Å². The summed E-state index contributed by atoms with van der Waals surface area (Å²) in [5.74, 6) is 0.873. The summed E-state index contributed by atoms with van der Waals surface area (Å²) in [4.78, 5) is 19.1. The number of amides is 1. The molecule has 0 fully saturated rings. The first-order valence-electron chi connectivity index (χ1n) is 5.88. The molecule has 0 radical (unpaired) electrons. The first kappa shape index (κ1) is 14.3. The molecule has 0 bridgehead atoms. The second kappa shape index (κ2) is 6.86. The van der Waals surface area contributed by atoms with Gasteiger partial charge in [0.1, 0.15) is 5.82 Å². The zero-order valence-corrected chi connectivity index (χ0v) is 13.3. The highest BCUT2D eigenvalue weighted by molar-refractivity contribution is 9.11. The molecule has 1 heterocycles. The summed E-state index contributed by atoms with van der Waals surface area (Å²) < 4.78 is 1.72. The molecule has 0 aliphatic heterocycles. The van der Waals surface area contributed by atoms with Gasteiger partial charge in [0.2, 0.25) is 0 Å². The fourth-order valence-electron chi connectivity index (χ4n) is 1.66. The number of imidazole rings is 1. The maximum absolute atomic E-state index is 12.0. The fraction of sp³-hybridized carbons (Fsp3) is 0.231. The van der Waals surface area contributed by atoms with Gasteiger partial charge in [0.15, 0.2) is 0 Å². The van der Waals surface area contributed by atoms with E-state index in [0.29, 0.717) is 12.1 Å². The van der Waals surface area contributed by atoms with Crippen LogP contribution in [0.15, 0.2) is 39.5 Å². The lowest BCUT2D eigenvalue weighted by molar-refractivity contribution is 0.0952. The van der Waals surface area contributed by atoms with Gasteiger partial charge in [0, 0.05) is 34.3 Å². The van der Waals surface area contributed by atoms with Gasteiger partial charge in [-0.3, -0.25) is 4.79 Å². The molecule has 19 heavy (non-hydrogen) atoms. The zero-order chi connectivity index (χ0) is 13.7. The molecule has 2 aromatic rings. The number of H-pyrrole nitrogens is 1. The lowest BCUT2D eigenvalue weighted by atomic mass is 10.2. The van der Waals surface area contributed by atoms with E-state index < -0.39 is 0 Å². The van der Waals surface area contributed by atoms with E-state index in [9.17, 15) is 4.79 Å². The number of hydrogen-bond acceptors (Lipinski definition) is 2. The number of aromatic amines is 1. The topological polar surface area (TPSA) is 57.8 Å². The molecule has 0 aliphatic rings. The molecule has 6 heteroatoms. The Hall–Kier alpha value is -1.14. The molecule has 0 saturated carbocycles. The lowest BCUT2D eigenvalue weighted by Gasteiger charge is -2.06. The third-order valence-corrected chi connectivity index (χ3v) is 3.76. The normalized spacial score (nSPS) is 10.4. The van der Waals surface area contributed by atoms with Crippen molar-refractivity contribution in [2.75, 3.05) is 6.54 Å². The van der Waals surface area contributed by atoms with E-state index in [4.69, 9.17) is 0 Å². The van der Waals surface area contributed by atoms with Crippen LogP contribution in [0.4, 0.5) is 0 Å². The Balaban J connectivity index is 1.81. The summed E-state index contributed by atoms with van der Waals surface area (Å²) in [6, 6.07) is 5.50. The molecular formula is C13H13Br2N3O. The van der Waals surface area contributed by atoms with Crippen molar-refractivity contribution in [3.8, 4) is 0 Å². The van der Waals surface area contributed by atoms with Gasteiger partial charge < -0.3 is 10.3 Å². The Morgan fingerprint density at radius 3 is 2.89 bits per heavy atom. The molecule has 0 atom stereocenters. The Kier molecular flexibility index (Phi) is 5.15. The van der Waals surface area contributed by atoms with E-state index in [1.807, 2.05) is 12.1 Å². The number of carbonyl (C=O) groups is 1. The highest BCUT2D eigenvalue weighted by Crippen LogP contribution is 2.21. The van der Waals surface area contributed by atoms with E-state index in [-0.39, 0.29) is 5.91 Å². The molecule has 0 spiro atoms. The van der Waals surface area contributed by atoms with Gasteiger partial charge in [0.05, 0.1) is 5.56 Å². The highest BCUT2D eigenvalue weighted by Gasteiger charge is 2.09. The summed E-state index contributed by atoms with van der Waals surface area (Å²) in [6.07, 6.45) is 5.21. The quantitative estimate of drug-likeness (QED) is 0.774. The Morgan fingerprint density at radius 1 is 1.37 bits per heavy atom. The number of carbonyl (C=O) groups excluding carboxylic acids is 1. The van der Waals surface area contributed by atoms with Crippen LogP contribution in [0.3, 0.4) is 0 Å². The van der Waals surface area contributed by atoms with Crippen molar-refractivity contribution in [1.29, 1.82) is 0 Å². The SMILES string of the molecule is O=C(NCCCc1ncc[nH]1)c1ccc(Br)cc1Br. The number of benzene rings is 1. The maximum Gasteiger partial charge on any atom is 0.252 e. The average Bonchev–Trinajstić information content (AvgIpc) is 2.87. The van der Waals surface area contributed by atoms with Crippen molar-refractivity contribution < 1.29 is 4.79 Å². The molecular weight excluding hydrogens is 374 g/mol. The molecule has 2 N–H and O–H groups in total. The third kappa shape index (κ3) is 4.18. The Bertz CT molecular complexity index is 555. The third-order valence-electron chi connectivity index (χ3n) is 2.61. The van der Waals surface area contributed by atoms with Crippen LogP contribution in [0.25, 0.3) is 0 Å². The molecule has 1 aromatic carbocycles. The lowest BCUT2D eigenvalue weighted by Crippen LogP contribution is -2.25. The monoisotopic (exact) mass is 385 g/mol. The van der Waals surface area contributed by atoms with Crippen LogP contribution in [-0.2, 0) is 6.42 Å². The van der Waals surface area contributed by atoms with Crippen molar-refractivity contribution >= 4 is 37.8 Å². The number of halogens is 2. The minimum Gasteiger partial charge on any atom is -0.352 e. The highest BCUT2D eigenvalue weighted by atomic mass is 79.9. The largest absolute Gasteiger partial charge is 0.352 e. The fourth-order valence-corrected chi connectivity index (χ4v) is 2.89. The predicted molar refractivity (Wildman–Crippen MR) is 81.1 cm³/mol. The minimum atomic E-state index is -0.0705. The number of aryl methyl sites for hydroxylation is 1. The average molecular weight is 387 g/mol. The van der Waals surface area contributed by atoms with E-state index in [1.165, 1.54) is 0 Å². The molecule has 0 unspecified atom stereocenters. The minimum absolute atomic E-state index is 0.0705. The molecule has 0 saturated heterocycles. The molecule has 4 nitrogen and oxygen atoms in total. The van der Waals surface area contributed by atoms with Crippen molar-refractivity contribution in [2.24, 2.45) is 0 Å². The van der Waals surface area contributed by atoms with Gasteiger partial charge in [-0.05, 0) is 40.5 Å². The molecule has 1 amide bonds. The standard InChI is InChI=1S/C13H13Br2N3O/c14-9-3-4-10(11(15)8-9)13(19)18-5-1-2-12-16-6-7-17-12/h3-4,6-8H,1-2,5H2,(H,16,17)(H,18,19). The number of rotatable bonds is 5. The van der Waals surface area contributed by atoms with Crippen molar-refractivity contribution in [3.63, 3.8) is 0 Å². The van der Waals surface area contributed by atoms with Crippen LogP contribution in [0, 0.1) is 0 Å². The Morgan fingerprint density at radius 2 is 2.21 bits per heavy atom. The van der Waals surface area contributed by atoms with Crippen LogP contribution in [0.2, 0.25) is 0 Å². The smallest absolute Gasteiger partial charge is 0.252 e. The zero-order valence-electron chi connectivity index (χ0n) is 10.1. The van der Waals surface area contributed by atoms with E-state index in [0.717, 1.165) is 27.6 Å². The van der Waals surface area contributed by atoms with Crippen LogP contribution < -0.4 is 5.32 Å². The van der Waals surface area contributed by atoms with Crippen molar-refractivity contribution in [2.45, 2.75) is 12.8 Å². The van der Waals surface area contributed by atoms with Gasteiger partial charge in [-0.1, -0.05) is 15.9 Å². The molecule has 1 aromatic heterocycles. The summed E-state index contributed by atoms with van der Waals surface area (Å²) in [6.45, 7) is 0.627. The number of nitrogens with one attached hydrogen (secondary N) is 2. The van der Waals surface area contributed by atoms with Crippen LogP contribution in [0.5, 0.6) is 0 Å². The number of aromatic nitrogens is 2. The van der Waals surface area contributed by atoms with Crippen LogP contribution in [-0.4, -0.2) is 22.4 Å². The second-order valence-electron chi connectivity index (χ2n) is 4.02. The number of nitrogens with zero attached hydrogens (tertiary/aromatic N) is 1. The van der Waals surface area contributed by atoms with Crippen LogP contribution in [0.1, 0.15) is 22.6 Å². The predicted octanol–water partition coefficient (Wildman–Crippen LogP) is 3.30. The van der Waals surface area contributed by atoms with E-state index in [1.54, 1.807) is 18.5 Å². The van der Waals surface area contributed by atoms with Gasteiger partial charge in [0.25, 0.3) is 5.91 Å². The van der Waals surface area contributed by atoms with Gasteiger partial charge in [-0.15, -0.1) is 0 Å².